The molecule has 0 atom stereocenters. The number of rotatable bonds is 1. The average molecular weight is 292 g/mol. The zero-order chi connectivity index (χ0) is 15.3. The van der Waals surface area contributed by atoms with Gasteiger partial charge in [-0.3, -0.25) is 9.59 Å². The first-order valence-corrected chi connectivity index (χ1v) is 5.83. The van der Waals surface area contributed by atoms with Gasteiger partial charge in [-0.1, -0.05) is 0 Å². The van der Waals surface area contributed by atoms with E-state index in [1.165, 1.54) is 6.07 Å². The normalized spacial score (nSPS) is 13.8. The van der Waals surface area contributed by atoms with E-state index in [0.717, 1.165) is 12.1 Å². The number of carbonyl (C=O) groups excluding carboxylic acids is 2. The van der Waals surface area contributed by atoms with Crippen LogP contribution in [-0.4, -0.2) is 11.8 Å². The Hall–Kier alpha value is -2.83. The summed E-state index contributed by atoms with van der Waals surface area (Å²) in [5.74, 6) is -4.79. The molecule has 2 aromatic carbocycles. The van der Waals surface area contributed by atoms with Gasteiger partial charge in [0, 0.05) is 0 Å². The monoisotopic (exact) mass is 292 g/mol. The Balaban J connectivity index is 2.13. The van der Waals surface area contributed by atoms with E-state index in [1.54, 1.807) is 0 Å². The summed E-state index contributed by atoms with van der Waals surface area (Å²) in [6.45, 7) is 0. The fourth-order valence-corrected chi connectivity index (χ4v) is 2.14. The van der Waals surface area contributed by atoms with E-state index in [4.69, 9.17) is 5.73 Å². The molecule has 1 aliphatic rings. The number of benzene rings is 2. The summed E-state index contributed by atoms with van der Waals surface area (Å²) in [6, 6.07) is 4.61. The summed E-state index contributed by atoms with van der Waals surface area (Å²) < 4.78 is 39.5. The number of carbonyl (C=O) groups is 2. The molecule has 1 aliphatic heterocycles. The molecular formula is C14H7F3N2O2. The molecule has 7 heteroatoms. The van der Waals surface area contributed by atoms with Crippen molar-refractivity contribution < 1.29 is 22.8 Å². The zero-order valence-corrected chi connectivity index (χ0v) is 10.4. The van der Waals surface area contributed by atoms with Crippen molar-refractivity contribution in [1.82, 2.24) is 0 Å². The van der Waals surface area contributed by atoms with Crippen molar-refractivity contribution in [2.45, 2.75) is 0 Å². The standard InChI is InChI=1S/C14H7F3N2O2/c15-9-2-1-6(3-12(9)18)19-13(20)7-4-10(16)11(17)5-8(7)14(19)21/h1-5H,18H2. The maximum absolute atomic E-state index is 13.2. The lowest BCUT2D eigenvalue weighted by molar-refractivity contribution is 0.0926. The molecule has 2 N–H and O–H groups in total. The molecule has 2 amide bonds. The molecule has 2 aromatic rings. The molecule has 3 rings (SSSR count). The van der Waals surface area contributed by atoms with Crippen molar-refractivity contribution in [2.75, 3.05) is 10.6 Å². The van der Waals surface area contributed by atoms with Crippen molar-refractivity contribution in [3.8, 4) is 0 Å². The number of hydrogen-bond donors (Lipinski definition) is 1. The van der Waals surface area contributed by atoms with Crippen LogP contribution in [0.25, 0.3) is 0 Å². The van der Waals surface area contributed by atoms with Crippen LogP contribution in [0.3, 0.4) is 0 Å². The van der Waals surface area contributed by atoms with Crippen molar-refractivity contribution in [1.29, 1.82) is 0 Å². The van der Waals surface area contributed by atoms with Crippen LogP contribution in [0.15, 0.2) is 30.3 Å². The topological polar surface area (TPSA) is 63.4 Å². The number of nitrogen functional groups attached to an aromatic ring is 1. The Morgan fingerprint density at radius 3 is 1.81 bits per heavy atom. The summed E-state index contributed by atoms with van der Waals surface area (Å²) in [6.07, 6.45) is 0. The molecule has 0 bridgehead atoms. The summed E-state index contributed by atoms with van der Waals surface area (Å²) >= 11 is 0. The highest BCUT2D eigenvalue weighted by atomic mass is 19.2. The molecule has 4 nitrogen and oxygen atoms in total. The van der Waals surface area contributed by atoms with Crippen LogP contribution >= 0.6 is 0 Å². The Kier molecular flexibility index (Phi) is 2.72. The summed E-state index contributed by atoms with van der Waals surface area (Å²) in [7, 11) is 0. The van der Waals surface area contributed by atoms with E-state index < -0.39 is 29.3 Å². The van der Waals surface area contributed by atoms with Crippen LogP contribution in [0, 0.1) is 17.5 Å². The third-order valence-corrected chi connectivity index (χ3v) is 3.17. The summed E-state index contributed by atoms with van der Waals surface area (Å²) in [4.78, 5) is 25.0. The number of halogens is 3. The third-order valence-electron chi connectivity index (χ3n) is 3.17. The SMILES string of the molecule is Nc1cc(N2C(=O)c3cc(F)c(F)cc3C2=O)ccc1F. The minimum Gasteiger partial charge on any atom is -0.396 e. The first-order valence-electron chi connectivity index (χ1n) is 5.83. The molecule has 0 aliphatic carbocycles. The quantitative estimate of drug-likeness (QED) is 0.649. The number of nitrogens with two attached hydrogens (primary N) is 1. The number of fused-ring (bicyclic) bond motifs is 1. The maximum atomic E-state index is 13.2. The van der Waals surface area contributed by atoms with E-state index in [9.17, 15) is 22.8 Å². The predicted molar refractivity (Wildman–Crippen MR) is 68.3 cm³/mol. The molecule has 106 valence electrons. The van der Waals surface area contributed by atoms with Crippen LogP contribution in [-0.2, 0) is 0 Å². The van der Waals surface area contributed by atoms with Crippen molar-refractivity contribution >= 4 is 23.2 Å². The summed E-state index contributed by atoms with van der Waals surface area (Å²) in [5, 5.41) is 0. The number of anilines is 2. The molecule has 0 unspecified atom stereocenters. The molecule has 0 fully saturated rings. The van der Waals surface area contributed by atoms with E-state index in [0.29, 0.717) is 17.0 Å². The molecule has 0 spiro atoms. The maximum Gasteiger partial charge on any atom is 0.266 e. The highest BCUT2D eigenvalue weighted by molar-refractivity contribution is 6.34. The predicted octanol–water partition coefficient (Wildman–Crippen LogP) is 2.49. The van der Waals surface area contributed by atoms with E-state index in [2.05, 4.69) is 0 Å². The highest BCUT2D eigenvalue weighted by Crippen LogP contribution is 2.31. The first-order chi connectivity index (χ1) is 9.90. The Morgan fingerprint density at radius 1 is 0.810 bits per heavy atom. The Labute approximate surface area is 116 Å². The van der Waals surface area contributed by atoms with Crippen molar-refractivity contribution in [3.05, 3.63) is 58.9 Å². The van der Waals surface area contributed by atoms with Gasteiger partial charge in [0.2, 0.25) is 0 Å². The number of hydrogen-bond acceptors (Lipinski definition) is 3. The second kappa shape index (κ2) is 4.34. The summed E-state index contributed by atoms with van der Waals surface area (Å²) in [5.41, 5.74) is 4.67. The lowest BCUT2D eigenvalue weighted by Crippen LogP contribution is -2.29. The largest absolute Gasteiger partial charge is 0.396 e. The van der Waals surface area contributed by atoms with Gasteiger partial charge in [-0.15, -0.1) is 0 Å². The van der Waals surface area contributed by atoms with Gasteiger partial charge in [-0.25, -0.2) is 18.1 Å². The second-order valence-corrected chi connectivity index (χ2v) is 4.46. The van der Waals surface area contributed by atoms with Crippen LogP contribution in [0.4, 0.5) is 24.5 Å². The fraction of sp³-hybridized carbons (Fsp3) is 0. The number of nitrogens with zero attached hydrogens (tertiary/aromatic N) is 1. The lowest BCUT2D eigenvalue weighted by atomic mass is 10.1. The minimum absolute atomic E-state index is 0.0286. The molecule has 0 aromatic heterocycles. The van der Waals surface area contributed by atoms with Gasteiger partial charge in [0.15, 0.2) is 11.6 Å². The van der Waals surface area contributed by atoms with E-state index in [1.807, 2.05) is 0 Å². The fourth-order valence-electron chi connectivity index (χ4n) is 2.14. The van der Waals surface area contributed by atoms with Crippen LogP contribution in [0.5, 0.6) is 0 Å². The smallest absolute Gasteiger partial charge is 0.266 e. The van der Waals surface area contributed by atoms with Gasteiger partial charge in [0.05, 0.1) is 22.5 Å². The van der Waals surface area contributed by atoms with Gasteiger partial charge in [0.25, 0.3) is 11.8 Å². The van der Waals surface area contributed by atoms with Crippen LogP contribution in [0.2, 0.25) is 0 Å². The molecular weight excluding hydrogens is 285 g/mol. The molecule has 0 radical (unpaired) electrons. The van der Waals surface area contributed by atoms with Gasteiger partial charge in [0.1, 0.15) is 5.82 Å². The average Bonchev–Trinajstić information content (AvgIpc) is 2.66. The van der Waals surface area contributed by atoms with Gasteiger partial charge in [-0.2, -0.15) is 0 Å². The van der Waals surface area contributed by atoms with E-state index in [-0.39, 0.29) is 22.5 Å². The lowest BCUT2D eigenvalue weighted by Gasteiger charge is -2.14. The molecule has 21 heavy (non-hydrogen) atoms. The second-order valence-electron chi connectivity index (χ2n) is 4.46. The van der Waals surface area contributed by atoms with Gasteiger partial charge < -0.3 is 5.73 Å². The van der Waals surface area contributed by atoms with Crippen LogP contribution in [0.1, 0.15) is 20.7 Å². The van der Waals surface area contributed by atoms with Crippen molar-refractivity contribution in [3.63, 3.8) is 0 Å². The van der Waals surface area contributed by atoms with Crippen LogP contribution < -0.4 is 10.6 Å². The molecule has 0 saturated heterocycles. The van der Waals surface area contributed by atoms with Gasteiger partial charge >= 0.3 is 0 Å². The number of amides is 2. The Bertz CT molecular complexity index is 764. The highest BCUT2D eigenvalue weighted by Gasteiger charge is 2.38. The molecule has 1 heterocycles. The zero-order valence-electron chi connectivity index (χ0n) is 10.4. The molecule has 0 saturated carbocycles. The van der Waals surface area contributed by atoms with E-state index >= 15 is 0 Å². The van der Waals surface area contributed by atoms with Crippen molar-refractivity contribution in [2.24, 2.45) is 0 Å². The first kappa shape index (κ1) is 13.2. The van der Waals surface area contributed by atoms with Gasteiger partial charge in [-0.05, 0) is 30.3 Å². The third kappa shape index (κ3) is 1.85. The minimum atomic E-state index is -1.23. The Morgan fingerprint density at radius 2 is 1.33 bits per heavy atom. The number of imide groups is 1.